The number of alkyl halides is 1. The average Bonchev–Trinajstić information content (AvgIpc) is 2.46. The minimum Gasteiger partial charge on any atom is -0.384 e. The fraction of sp³-hybridized carbons (Fsp3) is 0.133. The Kier molecular flexibility index (Phi) is 4.53. The SMILES string of the molecule is O=C(c1ccccc1)c1ccc(NCCBr)cc1. The van der Waals surface area contributed by atoms with Crippen LogP contribution >= 0.6 is 15.9 Å². The maximum Gasteiger partial charge on any atom is 0.193 e. The number of ketones is 1. The van der Waals surface area contributed by atoms with Gasteiger partial charge in [0.1, 0.15) is 0 Å². The highest BCUT2D eigenvalue weighted by Crippen LogP contribution is 2.13. The number of hydrogen-bond donors (Lipinski definition) is 1. The zero-order valence-corrected chi connectivity index (χ0v) is 11.5. The molecule has 0 radical (unpaired) electrons. The minimum absolute atomic E-state index is 0.0580. The molecule has 92 valence electrons. The van der Waals surface area contributed by atoms with E-state index >= 15 is 0 Å². The Bertz CT molecular complexity index is 508. The first kappa shape index (κ1) is 12.8. The smallest absolute Gasteiger partial charge is 0.193 e. The first-order valence-corrected chi connectivity index (χ1v) is 6.93. The van der Waals surface area contributed by atoms with E-state index in [1.807, 2.05) is 54.6 Å². The molecule has 0 aliphatic rings. The molecular formula is C15H14BrNO. The number of benzene rings is 2. The Hall–Kier alpha value is -1.61. The van der Waals surface area contributed by atoms with Crippen molar-refractivity contribution in [1.29, 1.82) is 0 Å². The Morgan fingerprint density at radius 3 is 2.17 bits per heavy atom. The fourth-order valence-corrected chi connectivity index (χ4v) is 1.89. The van der Waals surface area contributed by atoms with Crippen molar-refractivity contribution in [1.82, 2.24) is 0 Å². The summed E-state index contributed by atoms with van der Waals surface area (Å²) < 4.78 is 0. The van der Waals surface area contributed by atoms with E-state index < -0.39 is 0 Å². The van der Waals surface area contributed by atoms with Crippen LogP contribution in [0.5, 0.6) is 0 Å². The van der Waals surface area contributed by atoms with Crippen LogP contribution in [0.1, 0.15) is 15.9 Å². The normalized spacial score (nSPS) is 10.1. The highest BCUT2D eigenvalue weighted by atomic mass is 79.9. The maximum absolute atomic E-state index is 12.1. The summed E-state index contributed by atoms with van der Waals surface area (Å²) in [6.45, 7) is 0.867. The lowest BCUT2D eigenvalue weighted by molar-refractivity contribution is 0.103. The van der Waals surface area contributed by atoms with E-state index in [4.69, 9.17) is 0 Å². The van der Waals surface area contributed by atoms with Crippen molar-refractivity contribution >= 4 is 27.4 Å². The molecule has 0 saturated heterocycles. The van der Waals surface area contributed by atoms with Crippen LogP contribution in [0.2, 0.25) is 0 Å². The molecule has 2 nitrogen and oxygen atoms in total. The molecule has 0 spiro atoms. The predicted octanol–water partition coefficient (Wildman–Crippen LogP) is 3.72. The Morgan fingerprint density at radius 1 is 0.944 bits per heavy atom. The number of nitrogens with one attached hydrogen (secondary N) is 1. The first-order valence-electron chi connectivity index (χ1n) is 5.81. The van der Waals surface area contributed by atoms with Gasteiger partial charge in [0.05, 0.1) is 0 Å². The number of hydrogen-bond acceptors (Lipinski definition) is 2. The molecule has 2 aromatic rings. The Morgan fingerprint density at radius 2 is 1.56 bits per heavy atom. The van der Waals surface area contributed by atoms with Crippen molar-refractivity contribution in [3.05, 3.63) is 65.7 Å². The van der Waals surface area contributed by atoms with E-state index in [0.717, 1.165) is 23.1 Å². The van der Waals surface area contributed by atoms with Crippen LogP contribution in [0.25, 0.3) is 0 Å². The number of carbonyl (C=O) groups excluding carboxylic acids is 1. The van der Waals surface area contributed by atoms with Crippen LogP contribution in [-0.4, -0.2) is 17.7 Å². The summed E-state index contributed by atoms with van der Waals surface area (Å²) in [5.41, 5.74) is 2.46. The van der Waals surface area contributed by atoms with Crippen LogP contribution in [0, 0.1) is 0 Å². The van der Waals surface area contributed by atoms with E-state index in [-0.39, 0.29) is 5.78 Å². The van der Waals surface area contributed by atoms with Crippen LogP contribution < -0.4 is 5.32 Å². The second-order valence-corrected chi connectivity index (χ2v) is 4.68. The molecule has 1 N–H and O–H groups in total. The molecule has 0 aromatic heterocycles. The van der Waals surface area contributed by atoms with E-state index in [2.05, 4.69) is 21.2 Å². The van der Waals surface area contributed by atoms with Crippen molar-refractivity contribution in [2.24, 2.45) is 0 Å². The summed E-state index contributed by atoms with van der Waals surface area (Å²) in [5.74, 6) is 0.0580. The molecule has 0 aliphatic heterocycles. The van der Waals surface area contributed by atoms with Crippen LogP contribution in [0.4, 0.5) is 5.69 Å². The molecule has 0 bridgehead atoms. The number of rotatable bonds is 5. The third-order valence-electron chi connectivity index (χ3n) is 2.61. The predicted molar refractivity (Wildman–Crippen MR) is 78.6 cm³/mol. The Labute approximate surface area is 115 Å². The van der Waals surface area contributed by atoms with Gasteiger partial charge in [0.25, 0.3) is 0 Å². The number of halogens is 1. The van der Waals surface area contributed by atoms with Gasteiger partial charge in [0.2, 0.25) is 0 Å². The number of anilines is 1. The molecule has 18 heavy (non-hydrogen) atoms. The lowest BCUT2D eigenvalue weighted by Crippen LogP contribution is -2.04. The third-order valence-corrected chi connectivity index (χ3v) is 3.00. The monoisotopic (exact) mass is 303 g/mol. The lowest BCUT2D eigenvalue weighted by Gasteiger charge is -2.05. The molecule has 3 heteroatoms. The molecule has 2 rings (SSSR count). The second kappa shape index (κ2) is 6.36. The van der Waals surface area contributed by atoms with Crippen LogP contribution in [-0.2, 0) is 0 Å². The quantitative estimate of drug-likeness (QED) is 0.674. The van der Waals surface area contributed by atoms with E-state index in [0.29, 0.717) is 5.56 Å². The third kappa shape index (κ3) is 3.20. The lowest BCUT2D eigenvalue weighted by atomic mass is 10.0. The molecule has 2 aromatic carbocycles. The van der Waals surface area contributed by atoms with Gasteiger partial charge in [0, 0.05) is 28.7 Å². The minimum atomic E-state index is 0.0580. The van der Waals surface area contributed by atoms with Gasteiger partial charge >= 0.3 is 0 Å². The summed E-state index contributed by atoms with van der Waals surface area (Å²) >= 11 is 3.36. The average molecular weight is 304 g/mol. The summed E-state index contributed by atoms with van der Waals surface area (Å²) in [4.78, 5) is 12.1. The van der Waals surface area contributed by atoms with Crippen LogP contribution in [0.3, 0.4) is 0 Å². The molecular weight excluding hydrogens is 290 g/mol. The maximum atomic E-state index is 12.1. The Balaban J connectivity index is 2.12. The van der Waals surface area contributed by atoms with Crippen molar-refractivity contribution in [2.75, 3.05) is 17.2 Å². The zero-order chi connectivity index (χ0) is 12.8. The summed E-state index contributed by atoms with van der Waals surface area (Å²) in [6, 6.07) is 16.9. The topological polar surface area (TPSA) is 29.1 Å². The van der Waals surface area contributed by atoms with Crippen molar-refractivity contribution in [3.63, 3.8) is 0 Å². The molecule has 0 saturated carbocycles. The number of carbonyl (C=O) groups is 1. The van der Waals surface area contributed by atoms with Gasteiger partial charge in [-0.15, -0.1) is 0 Å². The van der Waals surface area contributed by atoms with E-state index in [9.17, 15) is 4.79 Å². The van der Waals surface area contributed by atoms with Crippen molar-refractivity contribution in [3.8, 4) is 0 Å². The van der Waals surface area contributed by atoms with Gasteiger partial charge in [0.15, 0.2) is 5.78 Å². The van der Waals surface area contributed by atoms with Gasteiger partial charge in [-0.05, 0) is 24.3 Å². The molecule has 0 atom stereocenters. The van der Waals surface area contributed by atoms with Crippen LogP contribution in [0.15, 0.2) is 54.6 Å². The highest BCUT2D eigenvalue weighted by Gasteiger charge is 2.07. The summed E-state index contributed by atoms with van der Waals surface area (Å²) in [6.07, 6.45) is 0. The van der Waals surface area contributed by atoms with E-state index in [1.54, 1.807) is 0 Å². The van der Waals surface area contributed by atoms with Gasteiger partial charge in [-0.3, -0.25) is 4.79 Å². The largest absolute Gasteiger partial charge is 0.384 e. The molecule has 0 unspecified atom stereocenters. The van der Waals surface area contributed by atoms with Gasteiger partial charge < -0.3 is 5.32 Å². The summed E-state index contributed by atoms with van der Waals surface area (Å²) in [7, 11) is 0. The van der Waals surface area contributed by atoms with Crippen molar-refractivity contribution in [2.45, 2.75) is 0 Å². The highest BCUT2D eigenvalue weighted by molar-refractivity contribution is 9.09. The standard InChI is InChI=1S/C15H14BrNO/c16-10-11-17-14-8-6-13(7-9-14)15(18)12-4-2-1-3-5-12/h1-9,17H,10-11H2. The molecule has 0 aliphatic carbocycles. The zero-order valence-electron chi connectivity index (χ0n) is 9.90. The second-order valence-electron chi connectivity index (χ2n) is 3.89. The van der Waals surface area contributed by atoms with Gasteiger partial charge in [-0.25, -0.2) is 0 Å². The fourth-order valence-electron chi connectivity index (χ4n) is 1.69. The first-order chi connectivity index (χ1) is 8.81. The van der Waals surface area contributed by atoms with Gasteiger partial charge in [-0.1, -0.05) is 46.3 Å². The summed E-state index contributed by atoms with van der Waals surface area (Å²) in [5, 5.41) is 4.14. The molecule has 0 fully saturated rings. The molecule has 0 amide bonds. The van der Waals surface area contributed by atoms with E-state index in [1.165, 1.54) is 0 Å². The van der Waals surface area contributed by atoms with Crippen molar-refractivity contribution < 1.29 is 4.79 Å². The molecule has 0 heterocycles. The van der Waals surface area contributed by atoms with Gasteiger partial charge in [-0.2, -0.15) is 0 Å².